The predicted octanol–water partition coefficient (Wildman–Crippen LogP) is 1.02. The molecule has 0 aliphatic carbocycles. The lowest BCUT2D eigenvalue weighted by molar-refractivity contribution is -0.136. The van der Waals surface area contributed by atoms with Crippen LogP contribution in [0.15, 0.2) is 30.3 Å². The lowest BCUT2D eigenvalue weighted by atomic mass is 10.2. The number of para-hydroxylation sites is 1. The largest absolute Gasteiger partial charge is 0.413 e. The SMILES string of the molecule is CC(NC(=O)Oc1ccccc1)C(=O)N1CCOCC1. The number of nitrogens with zero attached hydrogens (tertiary/aromatic N) is 1. The third-order valence-electron chi connectivity index (χ3n) is 2.98. The Bertz CT molecular complexity index is 458. The van der Waals surface area contributed by atoms with Crippen LogP contribution in [0.25, 0.3) is 0 Å². The van der Waals surface area contributed by atoms with E-state index in [0.29, 0.717) is 32.1 Å². The van der Waals surface area contributed by atoms with Gasteiger partial charge in [0.2, 0.25) is 5.91 Å². The van der Waals surface area contributed by atoms with Crippen molar-refractivity contribution in [2.24, 2.45) is 0 Å². The lowest BCUT2D eigenvalue weighted by Gasteiger charge is -2.29. The van der Waals surface area contributed by atoms with E-state index >= 15 is 0 Å². The molecule has 6 nitrogen and oxygen atoms in total. The number of rotatable bonds is 3. The molecule has 2 rings (SSSR count). The van der Waals surface area contributed by atoms with Crippen LogP contribution in [0.5, 0.6) is 5.75 Å². The lowest BCUT2D eigenvalue weighted by Crippen LogP contribution is -2.51. The van der Waals surface area contributed by atoms with Gasteiger partial charge in [-0.2, -0.15) is 0 Å². The van der Waals surface area contributed by atoms with Gasteiger partial charge in [0.1, 0.15) is 11.8 Å². The first kappa shape index (κ1) is 14.3. The summed E-state index contributed by atoms with van der Waals surface area (Å²) in [5, 5.41) is 2.53. The highest BCUT2D eigenvalue weighted by atomic mass is 16.6. The first-order valence-corrected chi connectivity index (χ1v) is 6.57. The molecule has 2 amide bonds. The van der Waals surface area contributed by atoms with Crippen LogP contribution in [0.2, 0.25) is 0 Å². The summed E-state index contributed by atoms with van der Waals surface area (Å²) in [6.45, 7) is 3.82. The van der Waals surface area contributed by atoms with Crippen molar-refractivity contribution < 1.29 is 19.1 Å². The fraction of sp³-hybridized carbons (Fsp3) is 0.429. The van der Waals surface area contributed by atoms with Gasteiger partial charge < -0.3 is 19.7 Å². The van der Waals surface area contributed by atoms with Crippen LogP contribution in [0.4, 0.5) is 4.79 Å². The topological polar surface area (TPSA) is 67.9 Å². The quantitative estimate of drug-likeness (QED) is 0.896. The van der Waals surface area contributed by atoms with E-state index in [1.54, 1.807) is 36.1 Å². The third kappa shape index (κ3) is 3.96. The standard InChI is InChI=1S/C14H18N2O4/c1-11(13(17)16-7-9-19-10-8-16)15-14(18)20-12-5-3-2-4-6-12/h2-6,11H,7-10H2,1H3,(H,15,18). The van der Waals surface area contributed by atoms with Crippen LogP contribution in [-0.4, -0.2) is 49.2 Å². The molecule has 0 aromatic heterocycles. The highest BCUT2D eigenvalue weighted by Crippen LogP contribution is 2.08. The van der Waals surface area contributed by atoms with Gasteiger partial charge in [0, 0.05) is 13.1 Å². The maximum absolute atomic E-state index is 12.1. The van der Waals surface area contributed by atoms with E-state index in [1.807, 2.05) is 6.07 Å². The summed E-state index contributed by atoms with van der Waals surface area (Å²) in [6, 6.07) is 8.09. The molecule has 0 bridgehead atoms. The average molecular weight is 278 g/mol. The highest BCUT2D eigenvalue weighted by Gasteiger charge is 2.24. The maximum Gasteiger partial charge on any atom is 0.413 e. The second-order valence-corrected chi connectivity index (χ2v) is 4.51. The first-order valence-electron chi connectivity index (χ1n) is 6.57. The van der Waals surface area contributed by atoms with Crippen molar-refractivity contribution in [3.8, 4) is 5.75 Å². The van der Waals surface area contributed by atoms with E-state index in [-0.39, 0.29) is 5.91 Å². The Hall–Kier alpha value is -2.08. The summed E-state index contributed by atoms with van der Waals surface area (Å²) in [5.41, 5.74) is 0. The van der Waals surface area contributed by atoms with Crippen molar-refractivity contribution >= 4 is 12.0 Å². The number of amides is 2. The molecule has 1 saturated heterocycles. The summed E-state index contributed by atoms with van der Waals surface area (Å²) < 4.78 is 10.3. The van der Waals surface area contributed by atoms with E-state index in [2.05, 4.69) is 5.32 Å². The third-order valence-corrected chi connectivity index (χ3v) is 2.98. The number of hydrogen-bond acceptors (Lipinski definition) is 4. The zero-order valence-corrected chi connectivity index (χ0v) is 11.4. The number of nitrogens with one attached hydrogen (secondary N) is 1. The van der Waals surface area contributed by atoms with Crippen LogP contribution in [0.3, 0.4) is 0 Å². The van der Waals surface area contributed by atoms with Crippen LogP contribution < -0.4 is 10.1 Å². The Morgan fingerprint density at radius 3 is 2.55 bits per heavy atom. The molecule has 20 heavy (non-hydrogen) atoms. The van der Waals surface area contributed by atoms with Crippen molar-refractivity contribution in [3.05, 3.63) is 30.3 Å². The van der Waals surface area contributed by atoms with Crippen LogP contribution in [0.1, 0.15) is 6.92 Å². The Morgan fingerprint density at radius 2 is 1.90 bits per heavy atom. The van der Waals surface area contributed by atoms with E-state index in [9.17, 15) is 9.59 Å². The number of benzene rings is 1. The van der Waals surface area contributed by atoms with Crippen LogP contribution in [0, 0.1) is 0 Å². The summed E-state index contributed by atoms with van der Waals surface area (Å²) in [5.74, 6) is 0.314. The van der Waals surface area contributed by atoms with Gasteiger partial charge >= 0.3 is 6.09 Å². The van der Waals surface area contributed by atoms with Gasteiger partial charge in [-0.25, -0.2) is 4.79 Å². The molecule has 1 heterocycles. The molecular formula is C14H18N2O4. The normalized spacial score (nSPS) is 16.4. The highest BCUT2D eigenvalue weighted by molar-refractivity contribution is 5.85. The fourth-order valence-corrected chi connectivity index (χ4v) is 1.92. The van der Waals surface area contributed by atoms with Gasteiger partial charge in [0.25, 0.3) is 0 Å². The van der Waals surface area contributed by atoms with Gasteiger partial charge in [0.05, 0.1) is 13.2 Å². The molecule has 1 atom stereocenters. The van der Waals surface area contributed by atoms with E-state index in [0.717, 1.165) is 0 Å². The van der Waals surface area contributed by atoms with Gasteiger partial charge in [-0.15, -0.1) is 0 Å². The van der Waals surface area contributed by atoms with Gasteiger partial charge in [0.15, 0.2) is 0 Å². The molecule has 0 spiro atoms. The van der Waals surface area contributed by atoms with Gasteiger partial charge in [-0.1, -0.05) is 18.2 Å². The monoisotopic (exact) mass is 278 g/mol. The molecule has 1 fully saturated rings. The number of ether oxygens (including phenoxy) is 2. The van der Waals surface area contributed by atoms with Gasteiger partial charge in [-0.3, -0.25) is 4.79 Å². The van der Waals surface area contributed by atoms with E-state index < -0.39 is 12.1 Å². The van der Waals surface area contributed by atoms with Gasteiger partial charge in [-0.05, 0) is 19.1 Å². The molecule has 1 aliphatic heterocycles. The molecular weight excluding hydrogens is 260 g/mol. The maximum atomic E-state index is 12.1. The molecule has 1 aromatic rings. The second-order valence-electron chi connectivity index (χ2n) is 4.51. The van der Waals surface area contributed by atoms with Crippen molar-refractivity contribution in [1.29, 1.82) is 0 Å². The fourth-order valence-electron chi connectivity index (χ4n) is 1.92. The molecule has 108 valence electrons. The van der Waals surface area contributed by atoms with Crippen molar-refractivity contribution in [2.45, 2.75) is 13.0 Å². The number of carbonyl (C=O) groups excluding carboxylic acids is 2. The average Bonchev–Trinajstić information content (AvgIpc) is 2.48. The molecule has 1 unspecified atom stereocenters. The van der Waals surface area contributed by atoms with Crippen molar-refractivity contribution in [2.75, 3.05) is 26.3 Å². The molecule has 1 N–H and O–H groups in total. The molecule has 1 aliphatic rings. The minimum absolute atomic E-state index is 0.127. The Balaban J connectivity index is 1.82. The summed E-state index contributed by atoms with van der Waals surface area (Å²) in [7, 11) is 0. The number of hydrogen-bond donors (Lipinski definition) is 1. The minimum atomic E-state index is -0.634. The zero-order chi connectivity index (χ0) is 14.4. The van der Waals surface area contributed by atoms with E-state index in [1.165, 1.54) is 0 Å². The number of morpholine rings is 1. The summed E-state index contributed by atoms with van der Waals surface area (Å²) >= 11 is 0. The van der Waals surface area contributed by atoms with Crippen LogP contribution in [-0.2, 0) is 9.53 Å². The van der Waals surface area contributed by atoms with Crippen molar-refractivity contribution in [3.63, 3.8) is 0 Å². The summed E-state index contributed by atoms with van der Waals surface area (Å²) in [4.78, 5) is 25.4. The predicted molar refractivity (Wildman–Crippen MR) is 72.5 cm³/mol. The molecule has 0 saturated carbocycles. The molecule has 0 radical (unpaired) electrons. The first-order chi connectivity index (χ1) is 9.66. The Morgan fingerprint density at radius 1 is 1.25 bits per heavy atom. The number of carbonyl (C=O) groups is 2. The molecule has 1 aromatic carbocycles. The van der Waals surface area contributed by atoms with Crippen molar-refractivity contribution in [1.82, 2.24) is 10.2 Å². The zero-order valence-electron chi connectivity index (χ0n) is 11.4. The minimum Gasteiger partial charge on any atom is -0.410 e. The molecule has 6 heteroatoms. The van der Waals surface area contributed by atoms with Crippen LogP contribution >= 0.6 is 0 Å². The Kier molecular flexibility index (Phi) is 4.95. The second kappa shape index (κ2) is 6.91. The van der Waals surface area contributed by atoms with E-state index in [4.69, 9.17) is 9.47 Å². The smallest absolute Gasteiger partial charge is 0.410 e. The Labute approximate surface area is 117 Å². The summed E-state index contributed by atoms with van der Waals surface area (Å²) in [6.07, 6.45) is -0.634.